The Labute approximate surface area is 525 Å². The van der Waals surface area contributed by atoms with Crippen molar-refractivity contribution in [3.8, 4) is 0 Å². The third kappa shape index (κ3) is 68.2. The first-order chi connectivity index (χ1) is 41.0. The Kier molecular flexibility index (Phi) is 65.1. The molecule has 0 aromatic rings. The van der Waals surface area contributed by atoms with Crippen LogP contribution in [0.2, 0.25) is 0 Å². The van der Waals surface area contributed by atoms with Crippen LogP contribution in [0, 0.1) is 0 Å². The minimum atomic E-state index is -4.37. The van der Waals surface area contributed by atoms with Crippen molar-refractivity contribution in [2.24, 2.45) is 0 Å². The molecule has 498 valence electrons. The average Bonchev–Trinajstić information content (AvgIpc) is 3.56. The molecule has 1 amide bonds. The molecule has 0 rings (SSSR count). The second kappa shape index (κ2) is 66.1. The van der Waals surface area contributed by atoms with E-state index in [1.807, 2.05) is 27.2 Å². The summed E-state index contributed by atoms with van der Waals surface area (Å²) in [6.45, 7) is 4.85. The van der Waals surface area contributed by atoms with Crippen LogP contribution in [0.3, 0.4) is 0 Å². The Morgan fingerprint density at radius 1 is 0.393 bits per heavy atom. The van der Waals surface area contributed by atoms with E-state index < -0.39 is 20.0 Å². The number of nitrogens with zero attached hydrogens (tertiary/aromatic N) is 1. The smallest absolute Gasteiger partial charge is 0.387 e. The van der Waals surface area contributed by atoms with Crippen LogP contribution in [0.15, 0.2) is 36.5 Å². The summed E-state index contributed by atoms with van der Waals surface area (Å²) in [5, 5.41) is 14.0. The van der Waals surface area contributed by atoms with Crippen molar-refractivity contribution in [3.63, 3.8) is 0 Å². The van der Waals surface area contributed by atoms with Crippen LogP contribution in [0.25, 0.3) is 0 Å². The third-order valence-electron chi connectivity index (χ3n) is 17.3. The standard InChI is InChI=1S/C75H147N2O6P/c1-6-8-10-12-14-16-18-20-22-24-26-28-30-32-34-36-38-39-40-42-44-46-48-50-52-54-56-58-60-62-64-66-68-74(78)73(72-83-84(80,81)82-71-70-77(3,4)5)76-75(79)69-67-65-63-61-59-57-55-53-51-49-47-45-43-41-37-35-33-31-29-27-25-23-21-19-17-15-13-11-9-7-2/h50,52,58,60,66,68,73-74,78H,6-49,51,53-57,59,61-65,67,69-72H2,1-5H3,(H-,76,79,80,81)/p+1/b52-50+,60-58+,68-66+. The topological polar surface area (TPSA) is 105 Å². The second-order valence-corrected chi connectivity index (χ2v) is 28.5. The normalized spacial score (nSPS) is 13.8. The minimum absolute atomic E-state index is 0.0555. The van der Waals surface area contributed by atoms with Crippen molar-refractivity contribution in [2.75, 3.05) is 40.9 Å². The van der Waals surface area contributed by atoms with Gasteiger partial charge in [-0.25, -0.2) is 4.57 Å². The van der Waals surface area contributed by atoms with E-state index in [0.717, 1.165) is 44.9 Å². The molecule has 0 fully saturated rings. The van der Waals surface area contributed by atoms with Gasteiger partial charge in [-0.3, -0.25) is 13.8 Å². The quantitative estimate of drug-likeness (QED) is 0.0243. The molecule has 9 heteroatoms. The van der Waals surface area contributed by atoms with E-state index in [1.54, 1.807) is 6.08 Å². The number of amides is 1. The number of quaternary nitrogens is 1. The summed E-state index contributed by atoms with van der Waals surface area (Å²) in [4.78, 5) is 23.4. The Morgan fingerprint density at radius 2 is 0.655 bits per heavy atom. The van der Waals surface area contributed by atoms with Crippen molar-refractivity contribution >= 4 is 13.7 Å². The molecule has 0 saturated heterocycles. The van der Waals surface area contributed by atoms with Crippen LogP contribution in [0.4, 0.5) is 0 Å². The van der Waals surface area contributed by atoms with Gasteiger partial charge in [0.2, 0.25) is 5.91 Å². The highest BCUT2D eigenvalue weighted by Gasteiger charge is 2.28. The van der Waals surface area contributed by atoms with Crippen molar-refractivity contribution in [1.29, 1.82) is 0 Å². The van der Waals surface area contributed by atoms with Crippen LogP contribution in [0.1, 0.15) is 386 Å². The lowest BCUT2D eigenvalue weighted by molar-refractivity contribution is -0.870. The summed E-state index contributed by atoms with van der Waals surface area (Å²) in [7, 11) is 1.56. The molecule has 0 heterocycles. The van der Waals surface area contributed by atoms with Gasteiger partial charge in [0.05, 0.1) is 39.9 Å². The maximum atomic E-state index is 13.1. The number of allylic oxidation sites excluding steroid dienone is 5. The Hall–Kier alpha value is -1.28. The van der Waals surface area contributed by atoms with Crippen molar-refractivity contribution < 1.29 is 32.9 Å². The van der Waals surface area contributed by atoms with Gasteiger partial charge in [-0.1, -0.05) is 371 Å². The van der Waals surface area contributed by atoms with E-state index in [2.05, 4.69) is 43.5 Å². The number of carbonyl (C=O) groups excluding carboxylic acids is 1. The SMILES string of the molecule is CCCCCCCCCCCCCCCCCCCCCCCC/C=C/CC/C=C/CC/C=C/C(O)C(COP(=O)(O)OCC[N+](C)(C)C)NC(=O)CCCCCCCCCCCCCCCCCCCCCCCCCCCCCCCC. The third-order valence-corrected chi connectivity index (χ3v) is 18.3. The first-order valence-electron chi connectivity index (χ1n) is 37.4. The molecule has 3 N–H and O–H groups in total. The number of hydrogen-bond donors (Lipinski definition) is 3. The number of nitrogens with one attached hydrogen (secondary N) is 1. The Balaban J connectivity index is 4.06. The highest BCUT2D eigenvalue weighted by Crippen LogP contribution is 2.43. The lowest BCUT2D eigenvalue weighted by Crippen LogP contribution is -2.45. The number of aliphatic hydroxyl groups is 1. The lowest BCUT2D eigenvalue weighted by atomic mass is 10.0. The van der Waals surface area contributed by atoms with Crippen LogP contribution < -0.4 is 5.32 Å². The van der Waals surface area contributed by atoms with E-state index in [-0.39, 0.29) is 19.1 Å². The van der Waals surface area contributed by atoms with Gasteiger partial charge >= 0.3 is 7.82 Å². The van der Waals surface area contributed by atoms with Crippen molar-refractivity contribution in [2.45, 2.75) is 398 Å². The van der Waals surface area contributed by atoms with Crippen molar-refractivity contribution in [3.05, 3.63) is 36.5 Å². The van der Waals surface area contributed by atoms with Gasteiger partial charge in [-0.2, -0.15) is 0 Å². The van der Waals surface area contributed by atoms with E-state index in [9.17, 15) is 19.4 Å². The van der Waals surface area contributed by atoms with Crippen molar-refractivity contribution in [1.82, 2.24) is 5.32 Å². The fourth-order valence-electron chi connectivity index (χ4n) is 11.6. The summed E-state index contributed by atoms with van der Waals surface area (Å²) in [5.74, 6) is -0.182. The molecule has 3 atom stereocenters. The molecule has 0 spiro atoms. The van der Waals surface area contributed by atoms with Gasteiger partial charge in [0.15, 0.2) is 0 Å². The average molecular weight is 1200 g/mol. The number of phosphoric acid groups is 1. The first kappa shape index (κ1) is 82.7. The predicted octanol–water partition coefficient (Wildman–Crippen LogP) is 24.0. The monoisotopic (exact) mass is 1200 g/mol. The molecular formula is C75H148N2O6P+. The van der Waals surface area contributed by atoms with Gasteiger partial charge in [0, 0.05) is 6.42 Å². The van der Waals surface area contributed by atoms with Gasteiger partial charge in [0.25, 0.3) is 0 Å². The highest BCUT2D eigenvalue weighted by molar-refractivity contribution is 7.47. The number of carbonyl (C=O) groups is 1. The van der Waals surface area contributed by atoms with Crippen LogP contribution >= 0.6 is 7.82 Å². The second-order valence-electron chi connectivity index (χ2n) is 27.0. The maximum absolute atomic E-state index is 13.1. The minimum Gasteiger partial charge on any atom is -0.387 e. The predicted molar refractivity (Wildman–Crippen MR) is 369 cm³/mol. The summed E-state index contributed by atoms with van der Waals surface area (Å²) < 4.78 is 23.8. The zero-order valence-corrected chi connectivity index (χ0v) is 58.1. The van der Waals surface area contributed by atoms with Crippen LogP contribution in [-0.4, -0.2) is 73.4 Å². The molecule has 8 nitrogen and oxygen atoms in total. The summed E-state index contributed by atoms with van der Waals surface area (Å²) in [6.07, 6.45) is 89.0. The molecule has 0 aromatic heterocycles. The fraction of sp³-hybridized carbons (Fsp3) is 0.907. The zero-order chi connectivity index (χ0) is 61.2. The summed E-state index contributed by atoms with van der Waals surface area (Å²) in [5.41, 5.74) is 0. The first-order valence-corrected chi connectivity index (χ1v) is 38.9. The molecule has 3 unspecified atom stereocenters. The van der Waals surface area contributed by atoms with Gasteiger partial charge < -0.3 is 19.8 Å². The number of hydrogen-bond acceptors (Lipinski definition) is 5. The number of aliphatic hydroxyl groups excluding tert-OH is 1. The number of unbranched alkanes of at least 4 members (excludes halogenated alkanes) is 53. The molecule has 0 saturated carbocycles. The fourth-order valence-corrected chi connectivity index (χ4v) is 12.3. The zero-order valence-electron chi connectivity index (χ0n) is 57.2. The number of rotatable bonds is 70. The van der Waals surface area contributed by atoms with Gasteiger partial charge in [0.1, 0.15) is 13.2 Å². The van der Waals surface area contributed by atoms with E-state index in [4.69, 9.17) is 9.05 Å². The van der Waals surface area contributed by atoms with E-state index in [1.165, 1.54) is 321 Å². The summed E-state index contributed by atoms with van der Waals surface area (Å²) >= 11 is 0. The molecule has 0 aliphatic heterocycles. The molecular weight excluding hydrogens is 1060 g/mol. The molecule has 0 radical (unpaired) electrons. The molecule has 0 aromatic carbocycles. The maximum Gasteiger partial charge on any atom is 0.472 e. The van der Waals surface area contributed by atoms with Crippen LogP contribution in [-0.2, 0) is 18.4 Å². The largest absolute Gasteiger partial charge is 0.472 e. The van der Waals surface area contributed by atoms with Crippen LogP contribution in [0.5, 0.6) is 0 Å². The van der Waals surface area contributed by atoms with Gasteiger partial charge in [-0.15, -0.1) is 0 Å². The van der Waals surface area contributed by atoms with E-state index >= 15 is 0 Å². The molecule has 84 heavy (non-hydrogen) atoms. The van der Waals surface area contributed by atoms with Gasteiger partial charge in [-0.05, 0) is 44.9 Å². The molecule has 0 aliphatic carbocycles. The van der Waals surface area contributed by atoms with E-state index in [0.29, 0.717) is 17.4 Å². The Morgan fingerprint density at radius 3 is 0.952 bits per heavy atom. The molecule has 0 aliphatic rings. The molecule has 0 bridgehead atoms. The highest BCUT2D eigenvalue weighted by atomic mass is 31.2. The lowest BCUT2D eigenvalue weighted by Gasteiger charge is -2.25. The summed E-state index contributed by atoms with van der Waals surface area (Å²) in [6, 6.07) is -0.870. The number of likely N-dealkylation sites (N-methyl/N-ethyl adjacent to an activating group) is 1. The Bertz CT molecular complexity index is 1460. The number of phosphoric ester groups is 1.